The molecule has 0 fully saturated rings. The van der Waals surface area contributed by atoms with Crippen LogP contribution in [0.25, 0.3) is 0 Å². The molecular weight excluding hydrogens is 368 g/mol. The Labute approximate surface area is 160 Å². The van der Waals surface area contributed by atoms with Gasteiger partial charge in [-0.1, -0.05) is 30.3 Å². The minimum absolute atomic E-state index is 0.0951. The molecule has 1 aromatic heterocycles. The number of hydrogen-bond donors (Lipinski definition) is 3. The number of anilines is 1. The van der Waals surface area contributed by atoms with Crippen LogP contribution in [0.5, 0.6) is 0 Å². The van der Waals surface area contributed by atoms with E-state index in [2.05, 4.69) is 30.1 Å². The number of alkyl carbamates (subject to hydrolysis) is 1. The predicted octanol–water partition coefficient (Wildman–Crippen LogP) is 2.28. The zero-order valence-electron chi connectivity index (χ0n) is 15.6. The molecule has 0 bridgehead atoms. The van der Waals surface area contributed by atoms with Gasteiger partial charge >= 0.3 is 18.2 Å². The molecule has 10 nitrogen and oxygen atoms in total. The van der Waals surface area contributed by atoms with Crippen molar-refractivity contribution in [2.75, 3.05) is 26.6 Å². The van der Waals surface area contributed by atoms with E-state index in [-0.39, 0.29) is 17.3 Å². The minimum atomic E-state index is -0.960. The third kappa shape index (κ3) is 5.34. The summed E-state index contributed by atoms with van der Waals surface area (Å²) in [6, 6.07) is 9.51. The van der Waals surface area contributed by atoms with Gasteiger partial charge in [-0.2, -0.15) is 0 Å². The fourth-order valence-corrected chi connectivity index (χ4v) is 2.32. The van der Waals surface area contributed by atoms with E-state index in [1.54, 1.807) is 6.20 Å². The van der Waals surface area contributed by atoms with Gasteiger partial charge in [-0.25, -0.2) is 14.4 Å². The summed E-state index contributed by atoms with van der Waals surface area (Å²) in [5, 5.41) is 5.02. The second kappa shape index (κ2) is 9.76. The monoisotopic (exact) mass is 388 g/mol. The Kier molecular flexibility index (Phi) is 7.14. The van der Waals surface area contributed by atoms with E-state index in [1.807, 2.05) is 30.3 Å². The number of aromatic amines is 1. The Morgan fingerprint density at radius 1 is 1.04 bits per heavy atom. The Morgan fingerprint density at radius 2 is 1.75 bits per heavy atom. The van der Waals surface area contributed by atoms with Gasteiger partial charge in [0.2, 0.25) is 5.96 Å². The average Bonchev–Trinajstić information content (AvgIpc) is 3.09. The first-order valence-electron chi connectivity index (χ1n) is 8.09. The van der Waals surface area contributed by atoms with Crippen molar-refractivity contribution in [3.63, 3.8) is 0 Å². The molecular formula is C18H20N4O6. The number of esters is 1. The summed E-state index contributed by atoms with van der Waals surface area (Å²) in [5.41, 5.74) is 2.04. The minimum Gasteiger partial charge on any atom is -0.464 e. The van der Waals surface area contributed by atoms with Crippen LogP contribution < -0.4 is 10.6 Å². The van der Waals surface area contributed by atoms with E-state index in [1.165, 1.54) is 7.11 Å². The van der Waals surface area contributed by atoms with Gasteiger partial charge in [-0.15, -0.1) is 4.99 Å². The van der Waals surface area contributed by atoms with E-state index in [9.17, 15) is 14.4 Å². The summed E-state index contributed by atoms with van der Waals surface area (Å²) in [6.45, 7) is 0. The topological polar surface area (TPSA) is 131 Å². The maximum absolute atomic E-state index is 12.1. The molecule has 0 spiro atoms. The van der Waals surface area contributed by atoms with Crippen molar-refractivity contribution in [2.45, 2.75) is 6.42 Å². The van der Waals surface area contributed by atoms with Gasteiger partial charge in [0.05, 0.1) is 27.0 Å². The summed E-state index contributed by atoms with van der Waals surface area (Å²) in [4.78, 5) is 41.6. The van der Waals surface area contributed by atoms with E-state index in [4.69, 9.17) is 4.74 Å². The molecule has 2 amide bonds. The highest BCUT2D eigenvalue weighted by Crippen LogP contribution is 2.24. The molecule has 2 rings (SSSR count). The fourth-order valence-electron chi connectivity index (χ4n) is 2.32. The molecule has 0 aliphatic heterocycles. The van der Waals surface area contributed by atoms with Crippen LogP contribution in [0.3, 0.4) is 0 Å². The molecule has 28 heavy (non-hydrogen) atoms. The van der Waals surface area contributed by atoms with Crippen LogP contribution in [0.1, 0.15) is 21.6 Å². The highest BCUT2D eigenvalue weighted by molar-refractivity contribution is 6.09. The number of nitrogens with one attached hydrogen (secondary N) is 3. The van der Waals surface area contributed by atoms with Crippen LogP contribution in [0, 0.1) is 0 Å². The van der Waals surface area contributed by atoms with Gasteiger partial charge in [0.25, 0.3) is 0 Å². The lowest BCUT2D eigenvalue weighted by molar-refractivity contribution is 0.0596. The molecule has 0 atom stereocenters. The third-order valence-electron chi connectivity index (χ3n) is 3.62. The summed E-state index contributed by atoms with van der Waals surface area (Å²) < 4.78 is 13.8. The number of carbonyl (C=O) groups excluding carboxylic acids is 3. The number of H-pyrrole nitrogens is 1. The first-order valence-corrected chi connectivity index (χ1v) is 8.09. The van der Waals surface area contributed by atoms with Crippen molar-refractivity contribution in [3.05, 3.63) is 53.3 Å². The van der Waals surface area contributed by atoms with E-state index < -0.39 is 18.2 Å². The summed E-state index contributed by atoms with van der Waals surface area (Å²) >= 11 is 0. The number of methoxy groups -OCH3 is 3. The van der Waals surface area contributed by atoms with Gasteiger partial charge in [0.1, 0.15) is 5.69 Å². The van der Waals surface area contributed by atoms with Crippen molar-refractivity contribution in [1.29, 1.82) is 0 Å². The first-order chi connectivity index (χ1) is 13.5. The van der Waals surface area contributed by atoms with E-state index in [0.29, 0.717) is 12.0 Å². The molecule has 1 heterocycles. The number of benzene rings is 1. The lowest BCUT2D eigenvalue weighted by atomic mass is 10.1. The third-order valence-corrected chi connectivity index (χ3v) is 3.62. The standard InChI is InChI=1S/C18H20N4O6/c1-26-15(23)14-13(12(10-19-14)9-11-7-5-4-6-8-11)20-16(21-17(24)27-2)22-18(25)28-3/h4-8,10,19H,9H2,1-3H3,(H2,20,21,22,24,25). The van der Waals surface area contributed by atoms with Crippen molar-refractivity contribution in [2.24, 2.45) is 4.99 Å². The van der Waals surface area contributed by atoms with Crippen molar-refractivity contribution >= 4 is 29.8 Å². The average molecular weight is 388 g/mol. The molecule has 1 aromatic carbocycles. The lowest BCUT2D eigenvalue weighted by Crippen LogP contribution is -2.37. The van der Waals surface area contributed by atoms with E-state index in [0.717, 1.165) is 19.8 Å². The zero-order valence-corrected chi connectivity index (χ0v) is 15.6. The van der Waals surface area contributed by atoms with Gasteiger partial charge < -0.3 is 24.5 Å². The van der Waals surface area contributed by atoms with Crippen LogP contribution in [0.15, 0.2) is 41.5 Å². The lowest BCUT2D eigenvalue weighted by Gasteiger charge is -2.12. The number of carbonyl (C=O) groups is 3. The first kappa shape index (κ1) is 20.5. The number of aliphatic imine (C=N–C) groups is 1. The summed E-state index contributed by atoms with van der Waals surface area (Å²) in [5.74, 6) is -0.921. The molecule has 3 N–H and O–H groups in total. The van der Waals surface area contributed by atoms with Crippen molar-refractivity contribution < 1.29 is 28.6 Å². The molecule has 2 aromatic rings. The van der Waals surface area contributed by atoms with Gasteiger partial charge in [0, 0.05) is 12.6 Å². The normalized spacial score (nSPS) is 10.8. The Bertz CT molecular complexity index is 875. The quantitative estimate of drug-likeness (QED) is 0.317. The summed E-state index contributed by atoms with van der Waals surface area (Å²) in [7, 11) is 3.53. The van der Waals surface area contributed by atoms with Crippen molar-refractivity contribution in [3.8, 4) is 0 Å². The molecule has 0 saturated heterocycles. The Morgan fingerprint density at radius 3 is 2.36 bits per heavy atom. The maximum atomic E-state index is 12.1. The van der Waals surface area contributed by atoms with Crippen LogP contribution in [0.2, 0.25) is 0 Å². The van der Waals surface area contributed by atoms with Gasteiger partial charge in [-0.05, 0) is 11.1 Å². The largest absolute Gasteiger partial charge is 0.464 e. The molecule has 0 saturated carbocycles. The number of guanidine groups is 1. The van der Waals surface area contributed by atoms with Crippen LogP contribution in [-0.2, 0) is 20.6 Å². The molecule has 0 aliphatic rings. The predicted molar refractivity (Wildman–Crippen MR) is 100 cm³/mol. The van der Waals surface area contributed by atoms with Crippen LogP contribution in [0.4, 0.5) is 15.3 Å². The highest BCUT2D eigenvalue weighted by atomic mass is 16.5. The smallest absolute Gasteiger partial charge is 0.436 e. The van der Waals surface area contributed by atoms with Crippen LogP contribution >= 0.6 is 0 Å². The maximum Gasteiger partial charge on any atom is 0.436 e. The Hall–Kier alpha value is -3.82. The number of nitrogens with zero attached hydrogens (tertiary/aromatic N) is 1. The van der Waals surface area contributed by atoms with Gasteiger partial charge in [0.15, 0.2) is 0 Å². The number of hydrogen-bond acceptors (Lipinski definition) is 6. The number of rotatable bonds is 4. The molecule has 10 heteroatoms. The molecule has 0 aliphatic carbocycles. The number of ether oxygens (including phenoxy) is 3. The van der Waals surface area contributed by atoms with Crippen LogP contribution in [-0.4, -0.2) is 50.4 Å². The molecule has 0 unspecified atom stereocenters. The fraction of sp³-hybridized carbons (Fsp3) is 0.222. The second-order valence-electron chi connectivity index (χ2n) is 5.39. The highest BCUT2D eigenvalue weighted by Gasteiger charge is 2.21. The Balaban J connectivity index is 2.42. The molecule has 148 valence electrons. The SMILES string of the molecule is COC(=O)N=C(NC(=O)OC)Nc1c(Cc2ccccc2)c[nH]c1C(=O)OC. The second-order valence-corrected chi connectivity index (χ2v) is 5.39. The van der Waals surface area contributed by atoms with Crippen molar-refractivity contribution in [1.82, 2.24) is 10.3 Å². The number of aromatic nitrogens is 1. The number of amides is 2. The summed E-state index contributed by atoms with van der Waals surface area (Å²) in [6.07, 6.45) is 0.254. The van der Waals surface area contributed by atoms with E-state index >= 15 is 0 Å². The zero-order chi connectivity index (χ0) is 20.5. The molecule has 0 radical (unpaired) electrons. The van der Waals surface area contributed by atoms with Gasteiger partial charge in [-0.3, -0.25) is 5.32 Å².